The monoisotopic (exact) mass is 442 g/mol. The molecule has 3 aromatic rings. The Labute approximate surface area is 185 Å². The Balaban J connectivity index is 1.47. The molecule has 0 aliphatic heterocycles. The van der Waals surface area contributed by atoms with Crippen molar-refractivity contribution in [1.82, 2.24) is 10.3 Å². The van der Waals surface area contributed by atoms with Crippen LogP contribution in [0.1, 0.15) is 36.8 Å². The predicted octanol–water partition coefficient (Wildman–Crippen LogP) is 6.51. The lowest BCUT2D eigenvalue weighted by molar-refractivity contribution is 0.303. The number of nitrogens with one attached hydrogen (secondary N) is 1. The standard InChI is InChI=1S/C24H21Cl2FN2O/c25-16-1-6-22(26)15(11-16)13-29-24(8-9-24)21-14-28-10-7-19(21)20-5-2-17(27)12-23(20)30-18-3-4-18/h1-2,5-7,10-12,14,18,29H,3-4,8-9,13H2. The maximum Gasteiger partial charge on any atom is 0.130 e. The van der Waals surface area contributed by atoms with Gasteiger partial charge in [-0.2, -0.15) is 0 Å². The number of hydrogen-bond acceptors (Lipinski definition) is 3. The fourth-order valence-corrected chi connectivity index (χ4v) is 4.18. The van der Waals surface area contributed by atoms with E-state index in [4.69, 9.17) is 27.9 Å². The third-order valence-corrected chi connectivity index (χ3v) is 6.37. The van der Waals surface area contributed by atoms with Crippen molar-refractivity contribution in [3.8, 4) is 16.9 Å². The second-order valence-corrected chi connectivity index (χ2v) is 8.89. The number of halogens is 3. The average molecular weight is 443 g/mol. The SMILES string of the molecule is Fc1ccc(-c2ccncc2C2(NCc3cc(Cl)ccc3Cl)CC2)c(OC2CC2)c1. The Hall–Kier alpha value is -2.14. The summed E-state index contributed by atoms with van der Waals surface area (Å²) < 4.78 is 20.0. The minimum Gasteiger partial charge on any atom is -0.490 e. The predicted molar refractivity (Wildman–Crippen MR) is 117 cm³/mol. The van der Waals surface area contributed by atoms with Crippen LogP contribution in [0.5, 0.6) is 5.75 Å². The molecule has 2 saturated carbocycles. The van der Waals surface area contributed by atoms with Gasteiger partial charge in [0.15, 0.2) is 0 Å². The molecule has 5 rings (SSSR count). The molecule has 0 saturated heterocycles. The third kappa shape index (κ3) is 4.04. The van der Waals surface area contributed by atoms with E-state index in [2.05, 4.69) is 10.3 Å². The second kappa shape index (κ2) is 7.84. The fourth-order valence-electron chi connectivity index (χ4n) is 3.80. The van der Waals surface area contributed by atoms with Gasteiger partial charge in [0.25, 0.3) is 0 Å². The molecule has 1 N–H and O–H groups in total. The largest absolute Gasteiger partial charge is 0.490 e. The Morgan fingerprint density at radius 3 is 2.67 bits per heavy atom. The lowest BCUT2D eigenvalue weighted by atomic mass is 9.94. The fraction of sp³-hybridized carbons (Fsp3) is 0.292. The molecule has 2 aliphatic rings. The van der Waals surface area contributed by atoms with Gasteiger partial charge in [0.1, 0.15) is 11.6 Å². The summed E-state index contributed by atoms with van der Waals surface area (Å²) in [5.41, 5.74) is 3.77. The average Bonchev–Trinajstić information content (AvgIpc) is 3.66. The number of ether oxygens (including phenoxy) is 1. The minimum absolute atomic E-state index is 0.189. The quantitative estimate of drug-likeness (QED) is 0.452. The minimum atomic E-state index is -0.292. The highest BCUT2D eigenvalue weighted by atomic mass is 35.5. The molecule has 30 heavy (non-hydrogen) atoms. The summed E-state index contributed by atoms with van der Waals surface area (Å²) >= 11 is 12.5. The maximum absolute atomic E-state index is 13.9. The van der Waals surface area contributed by atoms with Crippen molar-refractivity contribution in [2.75, 3.05) is 0 Å². The maximum atomic E-state index is 13.9. The van der Waals surface area contributed by atoms with Crippen LogP contribution in [0, 0.1) is 5.82 Å². The summed E-state index contributed by atoms with van der Waals surface area (Å²) in [6.07, 6.45) is 7.88. The van der Waals surface area contributed by atoms with Gasteiger partial charge in [-0.15, -0.1) is 0 Å². The van der Waals surface area contributed by atoms with Crippen LogP contribution in [0.4, 0.5) is 4.39 Å². The highest BCUT2D eigenvalue weighted by molar-refractivity contribution is 6.33. The summed E-state index contributed by atoms with van der Waals surface area (Å²) in [5, 5.41) is 5.02. The Morgan fingerprint density at radius 1 is 1.07 bits per heavy atom. The van der Waals surface area contributed by atoms with Gasteiger partial charge in [0.05, 0.1) is 6.10 Å². The Morgan fingerprint density at radius 2 is 1.90 bits per heavy atom. The number of aromatic nitrogens is 1. The van der Waals surface area contributed by atoms with Gasteiger partial charge in [-0.3, -0.25) is 4.98 Å². The zero-order valence-electron chi connectivity index (χ0n) is 16.3. The van der Waals surface area contributed by atoms with E-state index in [-0.39, 0.29) is 17.5 Å². The molecule has 0 amide bonds. The number of pyridine rings is 1. The molecule has 154 valence electrons. The van der Waals surface area contributed by atoms with Gasteiger partial charge in [-0.05, 0) is 78.8 Å². The summed E-state index contributed by atoms with van der Waals surface area (Å²) in [4.78, 5) is 4.38. The second-order valence-electron chi connectivity index (χ2n) is 8.05. The zero-order valence-corrected chi connectivity index (χ0v) is 17.8. The number of hydrogen-bond donors (Lipinski definition) is 1. The Kier molecular flexibility index (Phi) is 5.18. The van der Waals surface area contributed by atoms with Gasteiger partial charge in [-0.1, -0.05) is 23.2 Å². The van der Waals surface area contributed by atoms with Crippen LogP contribution in [0.25, 0.3) is 11.1 Å². The number of rotatable bonds is 7. The van der Waals surface area contributed by atoms with Gasteiger partial charge < -0.3 is 10.1 Å². The van der Waals surface area contributed by atoms with E-state index in [1.54, 1.807) is 18.3 Å². The van der Waals surface area contributed by atoms with Crippen molar-refractivity contribution in [2.45, 2.75) is 43.9 Å². The van der Waals surface area contributed by atoms with Gasteiger partial charge in [-0.25, -0.2) is 4.39 Å². The van der Waals surface area contributed by atoms with Crippen LogP contribution < -0.4 is 10.1 Å². The normalized spacial score (nSPS) is 17.0. The first-order valence-corrected chi connectivity index (χ1v) is 10.9. The molecule has 0 atom stereocenters. The van der Waals surface area contributed by atoms with E-state index in [1.807, 2.05) is 24.4 Å². The lowest BCUT2D eigenvalue weighted by Gasteiger charge is -2.22. The first-order chi connectivity index (χ1) is 14.5. The van der Waals surface area contributed by atoms with E-state index in [0.717, 1.165) is 47.9 Å². The van der Waals surface area contributed by atoms with E-state index >= 15 is 0 Å². The third-order valence-electron chi connectivity index (χ3n) is 5.76. The van der Waals surface area contributed by atoms with Crippen LogP contribution in [-0.2, 0) is 12.1 Å². The lowest BCUT2D eigenvalue weighted by Crippen LogP contribution is -2.29. The molecule has 0 unspecified atom stereocenters. The van der Waals surface area contributed by atoms with E-state index in [9.17, 15) is 4.39 Å². The molecule has 0 spiro atoms. The number of benzene rings is 2. The van der Waals surface area contributed by atoms with Gasteiger partial charge in [0, 0.05) is 46.2 Å². The summed E-state index contributed by atoms with van der Waals surface area (Å²) in [5.74, 6) is 0.304. The van der Waals surface area contributed by atoms with Gasteiger partial charge in [0.2, 0.25) is 0 Å². The van der Waals surface area contributed by atoms with E-state index in [1.165, 1.54) is 12.1 Å². The first kappa shape index (κ1) is 19.8. The van der Waals surface area contributed by atoms with Crippen molar-refractivity contribution in [3.05, 3.63) is 81.8 Å². The van der Waals surface area contributed by atoms with Crippen molar-refractivity contribution >= 4 is 23.2 Å². The van der Waals surface area contributed by atoms with E-state index < -0.39 is 0 Å². The molecule has 6 heteroatoms. The van der Waals surface area contributed by atoms with Crippen molar-refractivity contribution in [3.63, 3.8) is 0 Å². The van der Waals surface area contributed by atoms with Crippen LogP contribution >= 0.6 is 23.2 Å². The summed E-state index contributed by atoms with van der Waals surface area (Å²) in [7, 11) is 0. The van der Waals surface area contributed by atoms with Crippen LogP contribution in [0.2, 0.25) is 10.0 Å². The van der Waals surface area contributed by atoms with Crippen molar-refractivity contribution < 1.29 is 9.13 Å². The van der Waals surface area contributed by atoms with Gasteiger partial charge >= 0.3 is 0 Å². The molecule has 2 aliphatic carbocycles. The highest BCUT2D eigenvalue weighted by Gasteiger charge is 2.45. The van der Waals surface area contributed by atoms with Crippen molar-refractivity contribution in [2.24, 2.45) is 0 Å². The van der Waals surface area contributed by atoms with Crippen LogP contribution in [0.15, 0.2) is 54.9 Å². The molecule has 3 nitrogen and oxygen atoms in total. The summed E-state index contributed by atoms with van der Waals surface area (Å²) in [6.45, 7) is 0.600. The highest BCUT2D eigenvalue weighted by Crippen LogP contribution is 2.50. The first-order valence-electron chi connectivity index (χ1n) is 10.1. The molecule has 0 radical (unpaired) electrons. The topological polar surface area (TPSA) is 34.2 Å². The molecule has 1 aromatic heterocycles. The molecule has 1 heterocycles. The van der Waals surface area contributed by atoms with Crippen LogP contribution in [0.3, 0.4) is 0 Å². The van der Waals surface area contributed by atoms with Crippen LogP contribution in [-0.4, -0.2) is 11.1 Å². The smallest absolute Gasteiger partial charge is 0.130 e. The zero-order chi connectivity index (χ0) is 20.7. The summed E-state index contributed by atoms with van der Waals surface area (Å²) in [6, 6.07) is 12.2. The van der Waals surface area contributed by atoms with Crippen molar-refractivity contribution in [1.29, 1.82) is 0 Å². The molecule has 2 fully saturated rings. The molecule has 2 aromatic carbocycles. The Bertz CT molecular complexity index is 1100. The van der Waals surface area contributed by atoms with E-state index in [0.29, 0.717) is 22.3 Å². The number of nitrogens with zero attached hydrogens (tertiary/aromatic N) is 1. The molecular formula is C24H21Cl2FN2O. The molecular weight excluding hydrogens is 422 g/mol. The molecule has 0 bridgehead atoms.